The Labute approximate surface area is 191 Å². The number of methoxy groups -OCH3 is 1. The average molecular weight is 444 g/mol. The van der Waals surface area contributed by atoms with E-state index < -0.39 is 0 Å². The Morgan fingerprint density at radius 3 is 2.21 bits per heavy atom. The Bertz CT molecular complexity index is 1200. The van der Waals surface area contributed by atoms with Crippen molar-refractivity contribution in [3.63, 3.8) is 0 Å². The number of hydrogen-bond donors (Lipinski definition) is 1. The van der Waals surface area contributed by atoms with Gasteiger partial charge in [-0.25, -0.2) is 0 Å². The highest BCUT2D eigenvalue weighted by molar-refractivity contribution is 6.04. The van der Waals surface area contributed by atoms with Gasteiger partial charge in [-0.2, -0.15) is 0 Å². The van der Waals surface area contributed by atoms with Gasteiger partial charge in [-0.15, -0.1) is 10.2 Å². The smallest absolute Gasteiger partial charge is 0.255 e. The van der Waals surface area contributed by atoms with Crippen LogP contribution in [0.2, 0.25) is 0 Å². The molecule has 0 atom stereocenters. The molecule has 1 heterocycles. The van der Waals surface area contributed by atoms with E-state index in [1.807, 2.05) is 55.4 Å². The highest BCUT2D eigenvalue weighted by Gasteiger charge is 2.10. The van der Waals surface area contributed by atoms with E-state index in [1.165, 1.54) is 0 Å². The molecule has 0 spiro atoms. The molecule has 0 aliphatic carbocycles. The van der Waals surface area contributed by atoms with Gasteiger partial charge in [0.05, 0.1) is 7.11 Å². The van der Waals surface area contributed by atoms with Gasteiger partial charge in [-0.1, -0.05) is 0 Å². The fraction of sp³-hybridized carbons (Fsp3) is 0.160. The zero-order valence-electron chi connectivity index (χ0n) is 18.6. The molecule has 8 nitrogen and oxygen atoms in total. The molecule has 1 aromatic heterocycles. The summed E-state index contributed by atoms with van der Waals surface area (Å²) in [7, 11) is 5.52. The Morgan fingerprint density at radius 1 is 0.909 bits per heavy atom. The summed E-state index contributed by atoms with van der Waals surface area (Å²) in [6.45, 7) is 0.132. The van der Waals surface area contributed by atoms with Gasteiger partial charge < -0.3 is 24.1 Å². The summed E-state index contributed by atoms with van der Waals surface area (Å²) in [5.41, 5.74) is 3.09. The minimum Gasteiger partial charge on any atom is -0.497 e. The molecule has 0 radical (unpaired) electrons. The van der Waals surface area contributed by atoms with Crippen LogP contribution in [0, 0.1) is 0 Å². The lowest BCUT2D eigenvalue weighted by Crippen LogP contribution is -2.13. The summed E-state index contributed by atoms with van der Waals surface area (Å²) in [5.74, 6) is 1.97. The predicted molar refractivity (Wildman–Crippen MR) is 126 cm³/mol. The van der Waals surface area contributed by atoms with E-state index in [1.54, 1.807) is 43.5 Å². The molecule has 0 saturated carbocycles. The molecule has 0 aliphatic heterocycles. The SMILES string of the molecule is COc1ccc(-c2nnc(COc3ccc(NC(=O)c4ccc(N(C)C)cc4)cc3)o2)cc1. The molecule has 1 amide bonds. The Balaban J connectivity index is 1.31. The Morgan fingerprint density at radius 2 is 1.58 bits per heavy atom. The van der Waals surface area contributed by atoms with Crippen molar-refractivity contribution in [1.82, 2.24) is 10.2 Å². The van der Waals surface area contributed by atoms with Crippen molar-refractivity contribution in [2.45, 2.75) is 6.61 Å². The number of carbonyl (C=O) groups excluding carboxylic acids is 1. The minimum absolute atomic E-state index is 0.132. The molecular weight excluding hydrogens is 420 g/mol. The lowest BCUT2D eigenvalue weighted by atomic mass is 10.2. The van der Waals surface area contributed by atoms with Crippen LogP contribution >= 0.6 is 0 Å². The first kappa shape index (κ1) is 21.9. The third-order valence-electron chi connectivity index (χ3n) is 4.92. The standard InChI is InChI=1S/C25H24N4O4/c1-29(2)20-10-4-17(5-11-20)24(30)26-19-8-14-22(15-9-19)32-16-23-27-28-25(33-23)18-6-12-21(31-3)13-7-18/h4-15H,16H2,1-3H3,(H,26,30). The second-order valence-corrected chi connectivity index (χ2v) is 7.44. The first-order chi connectivity index (χ1) is 16.0. The maximum Gasteiger partial charge on any atom is 0.255 e. The molecule has 0 unspecified atom stereocenters. The molecule has 168 valence electrons. The fourth-order valence-electron chi connectivity index (χ4n) is 3.06. The lowest BCUT2D eigenvalue weighted by molar-refractivity contribution is 0.102. The second kappa shape index (κ2) is 9.86. The molecule has 0 aliphatic rings. The number of aromatic nitrogens is 2. The van der Waals surface area contributed by atoms with Crippen molar-refractivity contribution in [1.29, 1.82) is 0 Å². The Kier molecular flexibility index (Phi) is 6.54. The van der Waals surface area contributed by atoms with Gasteiger partial charge in [-0.3, -0.25) is 4.79 Å². The van der Waals surface area contributed by atoms with Crippen LogP contribution in [0.1, 0.15) is 16.2 Å². The number of nitrogens with one attached hydrogen (secondary N) is 1. The molecular formula is C25H24N4O4. The van der Waals surface area contributed by atoms with Crippen molar-refractivity contribution in [2.24, 2.45) is 0 Å². The average Bonchev–Trinajstić information content (AvgIpc) is 3.33. The van der Waals surface area contributed by atoms with Crippen molar-refractivity contribution in [3.05, 3.63) is 84.3 Å². The van der Waals surface area contributed by atoms with Gasteiger partial charge >= 0.3 is 0 Å². The van der Waals surface area contributed by atoms with Crippen molar-refractivity contribution in [3.8, 4) is 23.0 Å². The predicted octanol–water partition coefficient (Wildman–Crippen LogP) is 4.64. The van der Waals surface area contributed by atoms with Crippen LogP contribution in [0.15, 0.2) is 77.2 Å². The molecule has 0 fully saturated rings. The zero-order chi connectivity index (χ0) is 23.2. The molecule has 0 bridgehead atoms. The number of anilines is 2. The van der Waals surface area contributed by atoms with Gasteiger partial charge in [-0.05, 0) is 72.8 Å². The van der Waals surface area contributed by atoms with Crippen LogP contribution in [-0.4, -0.2) is 37.3 Å². The normalized spacial score (nSPS) is 10.5. The van der Waals surface area contributed by atoms with Crippen molar-refractivity contribution < 1.29 is 18.7 Å². The molecule has 33 heavy (non-hydrogen) atoms. The first-order valence-electron chi connectivity index (χ1n) is 10.3. The maximum atomic E-state index is 12.5. The van der Waals surface area contributed by atoms with Crippen LogP contribution in [0.3, 0.4) is 0 Å². The van der Waals surface area contributed by atoms with Gasteiger partial charge in [0.2, 0.25) is 5.89 Å². The lowest BCUT2D eigenvalue weighted by Gasteiger charge is -2.12. The summed E-state index contributed by atoms with van der Waals surface area (Å²) in [6, 6.07) is 21.9. The largest absolute Gasteiger partial charge is 0.497 e. The number of ether oxygens (including phenoxy) is 2. The van der Waals surface area contributed by atoms with E-state index in [9.17, 15) is 4.79 Å². The summed E-state index contributed by atoms with van der Waals surface area (Å²) in [5, 5.41) is 11.0. The van der Waals surface area contributed by atoms with E-state index in [-0.39, 0.29) is 12.5 Å². The zero-order valence-corrected chi connectivity index (χ0v) is 18.6. The van der Waals surface area contributed by atoms with Gasteiger partial charge in [0.15, 0.2) is 6.61 Å². The monoisotopic (exact) mass is 444 g/mol. The van der Waals surface area contributed by atoms with Crippen LogP contribution in [-0.2, 0) is 6.61 Å². The third-order valence-corrected chi connectivity index (χ3v) is 4.92. The number of carbonyl (C=O) groups is 1. The van der Waals surface area contributed by atoms with E-state index >= 15 is 0 Å². The molecule has 3 aromatic carbocycles. The van der Waals surface area contributed by atoms with E-state index in [0.717, 1.165) is 17.0 Å². The Hall–Kier alpha value is -4.33. The molecule has 4 aromatic rings. The topological polar surface area (TPSA) is 89.7 Å². The summed E-state index contributed by atoms with van der Waals surface area (Å²) in [4.78, 5) is 14.4. The van der Waals surface area contributed by atoms with Crippen molar-refractivity contribution >= 4 is 17.3 Å². The second-order valence-electron chi connectivity index (χ2n) is 7.44. The summed E-state index contributed by atoms with van der Waals surface area (Å²) < 4.78 is 16.5. The maximum absolute atomic E-state index is 12.5. The van der Waals surface area contributed by atoms with Crippen LogP contribution in [0.25, 0.3) is 11.5 Å². The quantitative estimate of drug-likeness (QED) is 0.423. The highest BCUT2D eigenvalue weighted by atomic mass is 16.5. The van der Waals surface area contributed by atoms with Crippen LogP contribution in [0.5, 0.6) is 11.5 Å². The van der Waals surface area contributed by atoms with Crippen LogP contribution < -0.4 is 19.7 Å². The summed E-state index contributed by atoms with van der Waals surface area (Å²) >= 11 is 0. The van der Waals surface area contributed by atoms with E-state index in [2.05, 4.69) is 15.5 Å². The molecule has 1 N–H and O–H groups in total. The van der Waals surface area contributed by atoms with E-state index in [0.29, 0.717) is 28.8 Å². The third kappa shape index (κ3) is 5.48. The van der Waals surface area contributed by atoms with E-state index in [4.69, 9.17) is 13.9 Å². The molecule has 0 saturated heterocycles. The molecule has 4 rings (SSSR count). The van der Waals surface area contributed by atoms with Crippen molar-refractivity contribution in [2.75, 3.05) is 31.4 Å². The van der Waals surface area contributed by atoms with Gasteiger partial charge in [0.25, 0.3) is 11.8 Å². The number of amides is 1. The number of hydrogen-bond acceptors (Lipinski definition) is 7. The van der Waals surface area contributed by atoms with Crippen LogP contribution in [0.4, 0.5) is 11.4 Å². The fourth-order valence-corrected chi connectivity index (χ4v) is 3.06. The molecule has 8 heteroatoms. The highest BCUT2D eigenvalue weighted by Crippen LogP contribution is 2.22. The number of benzene rings is 3. The van der Waals surface area contributed by atoms with Gasteiger partial charge in [0.1, 0.15) is 11.5 Å². The first-order valence-corrected chi connectivity index (χ1v) is 10.3. The number of nitrogens with zero attached hydrogens (tertiary/aromatic N) is 3. The summed E-state index contributed by atoms with van der Waals surface area (Å²) in [6.07, 6.45) is 0. The van der Waals surface area contributed by atoms with Gasteiger partial charge in [0, 0.05) is 36.6 Å². The number of rotatable bonds is 8. The minimum atomic E-state index is -0.175.